The Balaban J connectivity index is 2.60. The van der Waals surface area contributed by atoms with Crippen LogP contribution in [0.3, 0.4) is 0 Å². The lowest BCUT2D eigenvalue weighted by atomic mass is 10.1. The van der Waals surface area contributed by atoms with Crippen LogP contribution in [0.5, 0.6) is 0 Å². The lowest BCUT2D eigenvalue weighted by Gasteiger charge is -2.13. The van der Waals surface area contributed by atoms with Crippen LogP contribution >= 0.6 is 0 Å². The lowest BCUT2D eigenvalue weighted by Crippen LogP contribution is -2.11. The maximum Gasteiger partial charge on any atom is 0.417 e. The summed E-state index contributed by atoms with van der Waals surface area (Å²) >= 11 is 0. The second kappa shape index (κ2) is 3.18. The lowest BCUT2D eigenvalue weighted by molar-refractivity contribution is -0.00817. The molecule has 0 fully saturated rings. The predicted molar refractivity (Wildman–Crippen MR) is 51.0 cm³/mol. The molecule has 0 bridgehead atoms. The fourth-order valence-corrected chi connectivity index (χ4v) is 1.38. The molecule has 2 rings (SSSR count). The molecule has 0 amide bonds. The van der Waals surface area contributed by atoms with Crippen molar-refractivity contribution in [3.63, 3.8) is 0 Å². The highest BCUT2D eigenvalue weighted by atomic mass is 19.3. The van der Waals surface area contributed by atoms with E-state index in [0.29, 0.717) is 5.52 Å². The normalized spacial score (nSPS) is 12.2. The van der Waals surface area contributed by atoms with Gasteiger partial charge < -0.3 is 4.42 Å². The zero-order valence-electron chi connectivity index (χ0n) is 8.01. The van der Waals surface area contributed by atoms with Crippen molar-refractivity contribution in [2.75, 3.05) is 0 Å². The molecule has 0 atom stereocenters. The third-order valence-electron chi connectivity index (χ3n) is 2.29. The number of fused-ring (bicyclic) bond motifs is 1. The van der Waals surface area contributed by atoms with Gasteiger partial charge in [-0.05, 0) is 18.2 Å². The molecule has 80 valence electrons. The van der Waals surface area contributed by atoms with Gasteiger partial charge in [0, 0.05) is 12.0 Å². The Morgan fingerprint density at radius 2 is 2.20 bits per heavy atom. The first-order valence-electron chi connectivity index (χ1n) is 4.54. The molecule has 1 aromatic heterocycles. The van der Waals surface area contributed by atoms with Crippen LogP contribution in [0.15, 0.2) is 27.4 Å². The Labute approximate surface area is 83.7 Å². The monoisotopic (exact) mass is 213 g/mol. The minimum atomic E-state index is -2.87. The highest BCUT2D eigenvalue weighted by molar-refractivity contribution is 5.73. The van der Waals surface area contributed by atoms with Crippen molar-refractivity contribution in [3.8, 4) is 0 Å². The fourth-order valence-electron chi connectivity index (χ4n) is 1.38. The number of hydrogen-bond acceptors (Lipinski definition) is 2. The summed E-state index contributed by atoms with van der Waals surface area (Å²) in [6.45, 7) is 1.41. The van der Waals surface area contributed by atoms with Crippen molar-refractivity contribution in [2.24, 2.45) is 0 Å². The van der Waals surface area contributed by atoms with Crippen LogP contribution in [-0.2, 0) is 5.92 Å². The molecular formula is C10H9F2NO2. The minimum Gasteiger partial charge on any atom is -0.408 e. The molecule has 0 radical (unpaired) electrons. The zero-order chi connectivity index (χ0) is 11.1. The van der Waals surface area contributed by atoms with Gasteiger partial charge in [0.2, 0.25) is 0 Å². The van der Waals surface area contributed by atoms with E-state index in [1.54, 1.807) is 0 Å². The summed E-state index contributed by atoms with van der Waals surface area (Å²) in [7, 11) is 0. The van der Waals surface area contributed by atoms with E-state index in [2.05, 4.69) is 4.98 Å². The molecule has 0 saturated heterocycles. The van der Waals surface area contributed by atoms with E-state index in [0.717, 1.165) is 0 Å². The number of oxazole rings is 1. The van der Waals surface area contributed by atoms with E-state index in [4.69, 9.17) is 4.42 Å². The molecule has 0 aliphatic heterocycles. The molecule has 0 aliphatic carbocycles. The average Bonchev–Trinajstić information content (AvgIpc) is 2.56. The molecule has 1 N–H and O–H groups in total. The van der Waals surface area contributed by atoms with Gasteiger partial charge in [0.05, 0.1) is 5.52 Å². The molecule has 1 heterocycles. The highest BCUT2D eigenvalue weighted by Crippen LogP contribution is 2.32. The molecule has 2 aromatic rings. The largest absolute Gasteiger partial charge is 0.417 e. The summed E-state index contributed by atoms with van der Waals surface area (Å²) in [4.78, 5) is 13.1. The number of alkyl halides is 2. The van der Waals surface area contributed by atoms with E-state index in [1.807, 2.05) is 0 Å². The number of benzene rings is 1. The summed E-state index contributed by atoms with van der Waals surface area (Å²) in [5, 5.41) is 0. The van der Waals surface area contributed by atoms with Crippen LogP contribution in [0.2, 0.25) is 0 Å². The van der Waals surface area contributed by atoms with Gasteiger partial charge in [0.25, 0.3) is 5.92 Å². The molecule has 5 heteroatoms. The number of aromatic nitrogens is 1. The van der Waals surface area contributed by atoms with Crippen LogP contribution in [0.4, 0.5) is 8.78 Å². The van der Waals surface area contributed by atoms with E-state index >= 15 is 0 Å². The first kappa shape index (κ1) is 9.89. The Hall–Kier alpha value is -1.65. The summed E-state index contributed by atoms with van der Waals surface area (Å²) in [6.07, 6.45) is -0.277. The fraction of sp³-hybridized carbons (Fsp3) is 0.300. The SMILES string of the molecule is CCC(F)(F)c1ccc2oc(=O)[nH]c2c1. The molecule has 0 aliphatic rings. The number of hydrogen-bond donors (Lipinski definition) is 1. The molecule has 0 saturated carbocycles. The first-order chi connectivity index (χ1) is 7.03. The quantitative estimate of drug-likeness (QED) is 0.833. The molecule has 15 heavy (non-hydrogen) atoms. The molecular weight excluding hydrogens is 204 g/mol. The maximum atomic E-state index is 13.3. The Kier molecular flexibility index (Phi) is 2.10. The van der Waals surface area contributed by atoms with Crippen LogP contribution in [0.25, 0.3) is 11.1 Å². The molecule has 0 unspecified atom stereocenters. The first-order valence-corrected chi connectivity index (χ1v) is 4.54. The van der Waals surface area contributed by atoms with Crippen molar-refractivity contribution >= 4 is 11.1 Å². The number of rotatable bonds is 2. The number of nitrogens with one attached hydrogen (secondary N) is 1. The maximum absolute atomic E-state index is 13.3. The third kappa shape index (κ3) is 1.65. The smallest absolute Gasteiger partial charge is 0.408 e. The zero-order valence-corrected chi connectivity index (χ0v) is 8.01. The third-order valence-corrected chi connectivity index (χ3v) is 2.29. The summed E-state index contributed by atoms with van der Waals surface area (Å²) in [5.41, 5.74) is 0.468. The standard InChI is InChI=1S/C10H9F2NO2/c1-2-10(11,12)6-3-4-8-7(5-6)13-9(14)15-8/h3-5H,2H2,1H3,(H,13,14). The van der Waals surface area contributed by atoms with Crippen LogP contribution in [0, 0.1) is 0 Å². The number of halogens is 2. The van der Waals surface area contributed by atoms with E-state index in [-0.39, 0.29) is 17.6 Å². The van der Waals surface area contributed by atoms with Gasteiger partial charge in [-0.25, -0.2) is 13.6 Å². The van der Waals surface area contributed by atoms with Crippen molar-refractivity contribution in [3.05, 3.63) is 34.3 Å². The highest BCUT2D eigenvalue weighted by Gasteiger charge is 2.29. The van der Waals surface area contributed by atoms with Crippen molar-refractivity contribution in [2.45, 2.75) is 19.3 Å². The van der Waals surface area contributed by atoms with Crippen LogP contribution in [0.1, 0.15) is 18.9 Å². The van der Waals surface area contributed by atoms with Gasteiger partial charge in [0.15, 0.2) is 5.58 Å². The van der Waals surface area contributed by atoms with Gasteiger partial charge in [-0.2, -0.15) is 0 Å². The predicted octanol–water partition coefficient (Wildman–Crippen LogP) is 2.62. The van der Waals surface area contributed by atoms with Crippen LogP contribution in [-0.4, -0.2) is 4.98 Å². The number of aromatic amines is 1. The van der Waals surface area contributed by atoms with Gasteiger partial charge in [-0.3, -0.25) is 4.98 Å². The van der Waals surface area contributed by atoms with Crippen molar-refractivity contribution < 1.29 is 13.2 Å². The Morgan fingerprint density at radius 1 is 1.47 bits per heavy atom. The van der Waals surface area contributed by atoms with Gasteiger partial charge in [0.1, 0.15) is 0 Å². The average molecular weight is 213 g/mol. The Bertz CT molecular complexity index is 542. The van der Waals surface area contributed by atoms with Crippen molar-refractivity contribution in [1.29, 1.82) is 0 Å². The second-order valence-corrected chi connectivity index (χ2v) is 3.28. The summed E-state index contributed by atoms with van der Waals surface area (Å²) < 4.78 is 31.3. The van der Waals surface area contributed by atoms with E-state index < -0.39 is 11.7 Å². The summed E-state index contributed by atoms with van der Waals surface area (Å²) in [6, 6.07) is 3.87. The topological polar surface area (TPSA) is 46.0 Å². The summed E-state index contributed by atoms with van der Waals surface area (Å²) in [5.74, 6) is -3.51. The Morgan fingerprint density at radius 3 is 2.87 bits per heavy atom. The van der Waals surface area contributed by atoms with Gasteiger partial charge in [-0.1, -0.05) is 6.92 Å². The van der Waals surface area contributed by atoms with E-state index in [1.165, 1.54) is 25.1 Å². The second-order valence-electron chi connectivity index (χ2n) is 3.28. The number of H-pyrrole nitrogens is 1. The molecule has 3 nitrogen and oxygen atoms in total. The van der Waals surface area contributed by atoms with E-state index in [9.17, 15) is 13.6 Å². The molecule has 0 spiro atoms. The van der Waals surface area contributed by atoms with Gasteiger partial charge in [-0.15, -0.1) is 0 Å². The minimum absolute atomic E-state index is 0.116. The van der Waals surface area contributed by atoms with Gasteiger partial charge >= 0.3 is 5.76 Å². The van der Waals surface area contributed by atoms with Crippen molar-refractivity contribution in [1.82, 2.24) is 4.98 Å². The molecule has 1 aromatic carbocycles. The van der Waals surface area contributed by atoms with Crippen LogP contribution < -0.4 is 5.76 Å².